The number of hydrogen-bond acceptors (Lipinski definition) is 2. The van der Waals surface area contributed by atoms with Gasteiger partial charge < -0.3 is 10.6 Å². The van der Waals surface area contributed by atoms with Gasteiger partial charge in [-0.1, -0.05) is 58.4 Å². The molecule has 0 bridgehead atoms. The van der Waals surface area contributed by atoms with Gasteiger partial charge in [0.15, 0.2) is 0 Å². The van der Waals surface area contributed by atoms with Crippen LogP contribution in [0, 0.1) is 0 Å². The van der Waals surface area contributed by atoms with Crippen molar-refractivity contribution in [2.24, 2.45) is 0 Å². The number of halogens is 1. The molecule has 0 saturated carbocycles. The molecule has 0 spiro atoms. The number of benzene rings is 3. The van der Waals surface area contributed by atoms with Crippen molar-refractivity contribution >= 4 is 33.3 Å². The van der Waals surface area contributed by atoms with Crippen LogP contribution >= 0.6 is 15.9 Å². The maximum atomic E-state index is 12.3. The largest absolute Gasteiger partial charge is 0.323 e. The molecule has 0 fully saturated rings. The van der Waals surface area contributed by atoms with Crippen molar-refractivity contribution in [2.45, 2.75) is 19.6 Å². The number of nitrogens with one attached hydrogen (secondary N) is 2. The first-order valence-corrected chi connectivity index (χ1v) is 9.67. The summed E-state index contributed by atoms with van der Waals surface area (Å²) in [6, 6.07) is 23.9. The van der Waals surface area contributed by atoms with Crippen molar-refractivity contribution < 1.29 is 4.79 Å². The monoisotopic (exact) mass is 421 g/mol. The van der Waals surface area contributed by atoms with Crippen LogP contribution in [0.1, 0.15) is 16.7 Å². The second kappa shape index (κ2) is 7.94. The number of hydrogen-bond donors (Lipinski definition) is 2. The van der Waals surface area contributed by atoms with Crippen LogP contribution in [0.15, 0.2) is 77.3 Å². The van der Waals surface area contributed by atoms with E-state index in [2.05, 4.69) is 67.9 Å². The van der Waals surface area contributed by atoms with Crippen molar-refractivity contribution in [3.05, 3.63) is 94.0 Å². The summed E-state index contributed by atoms with van der Waals surface area (Å²) in [5, 5.41) is 5.77. The van der Waals surface area contributed by atoms with E-state index in [0.29, 0.717) is 0 Å². The van der Waals surface area contributed by atoms with E-state index in [1.54, 1.807) is 0 Å². The number of carbonyl (C=O) groups is 1. The highest BCUT2D eigenvalue weighted by atomic mass is 79.9. The third-order valence-electron chi connectivity index (χ3n) is 4.58. The molecule has 1 aliphatic rings. The Bertz CT molecular complexity index is 959. The molecule has 5 heteroatoms. The molecule has 4 nitrogen and oxygen atoms in total. The summed E-state index contributed by atoms with van der Waals surface area (Å²) in [6.07, 6.45) is 0. The quantitative estimate of drug-likeness (QED) is 0.574. The van der Waals surface area contributed by atoms with Gasteiger partial charge in [0.25, 0.3) is 0 Å². The second-order valence-corrected chi connectivity index (χ2v) is 7.62. The van der Waals surface area contributed by atoms with Gasteiger partial charge in [0.2, 0.25) is 0 Å². The zero-order valence-electron chi connectivity index (χ0n) is 14.8. The van der Waals surface area contributed by atoms with Gasteiger partial charge in [-0.25, -0.2) is 4.79 Å². The van der Waals surface area contributed by atoms with E-state index in [0.717, 1.165) is 35.5 Å². The van der Waals surface area contributed by atoms with Crippen LogP contribution in [0.5, 0.6) is 0 Å². The second-order valence-electron chi connectivity index (χ2n) is 6.70. The summed E-state index contributed by atoms with van der Waals surface area (Å²) in [5.74, 6) is 0. The molecule has 0 radical (unpaired) electrons. The van der Waals surface area contributed by atoms with Gasteiger partial charge in [-0.15, -0.1) is 0 Å². The predicted octanol–water partition coefficient (Wildman–Crippen LogP) is 5.61. The van der Waals surface area contributed by atoms with Crippen LogP contribution in [-0.2, 0) is 19.6 Å². The molecule has 0 saturated heterocycles. The Morgan fingerprint density at radius 1 is 0.852 bits per heavy atom. The Morgan fingerprint density at radius 2 is 1.59 bits per heavy atom. The molecule has 0 unspecified atom stereocenters. The number of amides is 2. The highest BCUT2D eigenvalue weighted by Gasteiger charge is 2.19. The zero-order valence-corrected chi connectivity index (χ0v) is 16.4. The molecular weight excluding hydrogens is 402 g/mol. The van der Waals surface area contributed by atoms with E-state index in [1.807, 2.05) is 36.4 Å². The van der Waals surface area contributed by atoms with E-state index < -0.39 is 0 Å². The first-order valence-electron chi connectivity index (χ1n) is 8.87. The van der Waals surface area contributed by atoms with Gasteiger partial charge in [-0.2, -0.15) is 0 Å². The minimum atomic E-state index is -0.243. The maximum Gasteiger partial charge on any atom is 0.323 e. The van der Waals surface area contributed by atoms with Crippen molar-refractivity contribution in [3.63, 3.8) is 0 Å². The lowest BCUT2D eigenvalue weighted by Crippen LogP contribution is -2.19. The molecule has 27 heavy (non-hydrogen) atoms. The molecule has 136 valence electrons. The molecule has 2 amide bonds. The SMILES string of the molecule is O=C(Nc1cccc(Br)c1)Nc1ccc2c(c1)CN(Cc1ccccc1)C2. The van der Waals surface area contributed by atoms with Crippen LogP contribution in [0.3, 0.4) is 0 Å². The highest BCUT2D eigenvalue weighted by molar-refractivity contribution is 9.10. The minimum Gasteiger partial charge on any atom is -0.308 e. The summed E-state index contributed by atoms with van der Waals surface area (Å²) in [7, 11) is 0. The number of rotatable bonds is 4. The Hall–Kier alpha value is -2.63. The molecule has 4 rings (SSSR count). The van der Waals surface area contributed by atoms with Gasteiger partial charge in [-0.05, 0) is 47.0 Å². The standard InChI is InChI=1S/C22H20BrN3O/c23-19-7-4-8-20(12-19)24-22(27)25-21-10-9-17-14-26(15-18(17)11-21)13-16-5-2-1-3-6-16/h1-12H,13-15H2,(H2,24,25,27). The third-order valence-corrected chi connectivity index (χ3v) is 5.08. The van der Waals surface area contributed by atoms with Crippen LogP contribution < -0.4 is 10.6 Å². The molecule has 3 aromatic carbocycles. The lowest BCUT2D eigenvalue weighted by molar-refractivity contribution is 0.262. The summed E-state index contributed by atoms with van der Waals surface area (Å²) in [6.45, 7) is 2.77. The van der Waals surface area contributed by atoms with E-state index in [1.165, 1.54) is 16.7 Å². The van der Waals surface area contributed by atoms with Crippen LogP contribution in [0.4, 0.5) is 16.2 Å². The van der Waals surface area contributed by atoms with Gasteiger partial charge in [0, 0.05) is 35.5 Å². The summed E-state index contributed by atoms with van der Waals surface area (Å²) in [5.41, 5.74) is 5.46. The summed E-state index contributed by atoms with van der Waals surface area (Å²) in [4.78, 5) is 14.7. The Morgan fingerprint density at radius 3 is 2.37 bits per heavy atom. The highest BCUT2D eigenvalue weighted by Crippen LogP contribution is 2.27. The van der Waals surface area contributed by atoms with Gasteiger partial charge >= 0.3 is 6.03 Å². The molecular formula is C22H20BrN3O. The number of anilines is 2. The fourth-order valence-corrected chi connectivity index (χ4v) is 3.76. The van der Waals surface area contributed by atoms with Crippen molar-refractivity contribution in [1.29, 1.82) is 0 Å². The molecule has 0 aliphatic carbocycles. The minimum absolute atomic E-state index is 0.243. The smallest absolute Gasteiger partial charge is 0.308 e. The fourth-order valence-electron chi connectivity index (χ4n) is 3.36. The first-order chi connectivity index (χ1) is 13.2. The van der Waals surface area contributed by atoms with Crippen molar-refractivity contribution in [2.75, 3.05) is 10.6 Å². The third kappa shape index (κ3) is 4.56. The number of carbonyl (C=O) groups excluding carboxylic acids is 1. The molecule has 2 N–H and O–H groups in total. The lowest BCUT2D eigenvalue weighted by Gasteiger charge is -2.14. The maximum absolute atomic E-state index is 12.3. The Kier molecular flexibility index (Phi) is 5.23. The Balaban J connectivity index is 1.38. The van der Waals surface area contributed by atoms with Gasteiger partial charge in [0.1, 0.15) is 0 Å². The molecule has 1 aliphatic heterocycles. The molecule has 3 aromatic rings. The number of nitrogens with zero attached hydrogens (tertiary/aromatic N) is 1. The average molecular weight is 422 g/mol. The summed E-state index contributed by atoms with van der Waals surface area (Å²) < 4.78 is 0.927. The number of urea groups is 1. The fraction of sp³-hybridized carbons (Fsp3) is 0.136. The van der Waals surface area contributed by atoms with Crippen molar-refractivity contribution in [1.82, 2.24) is 4.90 Å². The number of fused-ring (bicyclic) bond motifs is 1. The van der Waals surface area contributed by atoms with Crippen LogP contribution in [-0.4, -0.2) is 10.9 Å². The predicted molar refractivity (Wildman–Crippen MR) is 113 cm³/mol. The van der Waals surface area contributed by atoms with Gasteiger partial charge in [-0.3, -0.25) is 4.90 Å². The van der Waals surface area contributed by atoms with E-state index in [9.17, 15) is 4.79 Å². The van der Waals surface area contributed by atoms with E-state index >= 15 is 0 Å². The summed E-state index contributed by atoms with van der Waals surface area (Å²) >= 11 is 3.41. The lowest BCUT2D eigenvalue weighted by atomic mass is 10.1. The first kappa shape index (κ1) is 17.8. The average Bonchev–Trinajstić information content (AvgIpc) is 3.04. The van der Waals surface area contributed by atoms with E-state index in [-0.39, 0.29) is 6.03 Å². The van der Waals surface area contributed by atoms with Crippen LogP contribution in [0.2, 0.25) is 0 Å². The van der Waals surface area contributed by atoms with Crippen LogP contribution in [0.25, 0.3) is 0 Å². The molecule has 1 heterocycles. The van der Waals surface area contributed by atoms with Crippen molar-refractivity contribution in [3.8, 4) is 0 Å². The van der Waals surface area contributed by atoms with E-state index in [4.69, 9.17) is 0 Å². The Labute approximate surface area is 167 Å². The topological polar surface area (TPSA) is 44.4 Å². The normalized spacial score (nSPS) is 13.2. The molecule has 0 aromatic heterocycles. The molecule has 0 atom stereocenters. The van der Waals surface area contributed by atoms with Gasteiger partial charge in [0.05, 0.1) is 0 Å². The zero-order chi connectivity index (χ0) is 18.6.